The summed E-state index contributed by atoms with van der Waals surface area (Å²) >= 11 is 0. The third-order valence-electron chi connectivity index (χ3n) is 4.58. The second-order valence-electron chi connectivity index (χ2n) is 6.67. The van der Waals surface area contributed by atoms with Gasteiger partial charge in [0.25, 0.3) is 0 Å². The minimum Gasteiger partial charge on any atom is -0.352 e. The lowest BCUT2D eigenvalue weighted by Gasteiger charge is -2.14. The van der Waals surface area contributed by atoms with Crippen LogP contribution in [0.5, 0.6) is 0 Å². The molecule has 0 radical (unpaired) electrons. The smallest absolute Gasteiger partial charge is 0.191 e. The highest BCUT2D eigenvalue weighted by Crippen LogP contribution is 2.10. The van der Waals surface area contributed by atoms with Crippen LogP contribution < -0.4 is 10.6 Å². The first-order valence-corrected chi connectivity index (χ1v) is 9.20. The van der Waals surface area contributed by atoms with Crippen LogP contribution in [0.25, 0.3) is 0 Å². The number of aryl methyl sites for hydroxylation is 2. The summed E-state index contributed by atoms with van der Waals surface area (Å²) in [5, 5.41) is 6.73. The van der Waals surface area contributed by atoms with Gasteiger partial charge in [0.15, 0.2) is 5.96 Å². The van der Waals surface area contributed by atoms with Crippen LogP contribution in [0.3, 0.4) is 0 Å². The zero-order valence-corrected chi connectivity index (χ0v) is 16.2. The predicted octanol–water partition coefficient (Wildman–Crippen LogP) is 3.41. The van der Waals surface area contributed by atoms with Crippen molar-refractivity contribution in [1.29, 1.82) is 0 Å². The van der Waals surface area contributed by atoms with Crippen molar-refractivity contribution in [2.45, 2.75) is 33.5 Å². The number of hydrogen-bond acceptors (Lipinski definition) is 2. The normalized spacial score (nSPS) is 11.4. The van der Waals surface area contributed by atoms with Gasteiger partial charge in [-0.3, -0.25) is 4.99 Å². The first kappa shape index (κ1) is 18.7. The van der Waals surface area contributed by atoms with Gasteiger partial charge in [-0.05, 0) is 30.5 Å². The molecule has 5 nitrogen and oxygen atoms in total. The summed E-state index contributed by atoms with van der Waals surface area (Å²) in [7, 11) is 1.79. The number of hydrogen-bond donors (Lipinski definition) is 2. The topological polar surface area (TPSA) is 54.2 Å². The Morgan fingerprint density at radius 3 is 2.56 bits per heavy atom. The molecule has 5 heteroatoms. The number of imidazole rings is 1. The highest BCUT2D eigenvalue weighted by Gasteiger charge is 2.06. The molecule has 140 valence electrons. The second-order valence-corrected chi connectivity index (χ2v) is 6.67. The highest BCUT2D eigenvalue weighted by molar-refractivity contribution is 5.79. The fraction of sp³-hybridized carbons (Fsp3) is 0.273. The van der Waals surface area contributed by atoms with Gasteiger partial charge >= 0.3 is 0 Å². The molecule has 0 unspecified atom stereocenters. The Bertz CT molecular complexity index is 896. The van der Waals surface area contributed by atoms with E-state index in [1.165, 1.54) is 22.3 Å². The van der Waals surface area contributed by atoms with Crippen molar-refractivity contribution in [3.63, 3.8) is 0 Å². The van der Waals surface area contributed by atoms with Crippen LogP contribution in [0, 0.1) is 13.8 Å². The van der Waals surface area contributed by atoms with Crippen LogP contribution in [0.15, 0.2) is 65.9 Å². The molecular formula is C22H27N5. The molecule has 3 aromatic rings. The maximum Gasteiger partial charge on any atom is 0.191 e. The maximum absolute atomic E-state index is 4.48. The molecule has 3 rings (SSSR count). The molecule has 0 amide bonds. The number of aromatic nitrogens is 2. The van der Waals surface area contributed by atoms with Gasteiger partial charge in [0.1, 0.15) is 5.82 Å². The van der Waals surface area contributed by atoms with Crippen LogP contribution in [0.4, 0.5) is 0 Å². The molecule has 0 aliphatic heterocycles. The average molecular weight is 361 g/mol. The van der Waals surface area contributed by atoms with Gasteiger partial charge in [-0.15, -0.1) is 0 Å². The molecule has 0 atom stereocenters. The zero-order chi connectivity index (χ0) is 19.1. The number of guanidine groups is 1. The van der Waals surface area contributed by atoms with Gasteiger partial charge < -0.3 is 15.2 Å². The number of nitrogens with zero attached hydrogens (tertiary/aromatic N) is 3. The lowest BCUT2D eigenvalue weighted by atomic mass is 10.1. The van der Waals surface area contributed by atoms with E-state index in [-0.39, 0.29) is 0 Å². The highest BCUT2D eigenvalue weighted by atomic mass is 15.2. The van der Waals surface area contributed by atoms with E-state index in [2.05, 4.69) is 81.5 Å². The zero-order valence-electron chi connectivity index (χ0n) is 16.2. The molecule has 0 saturated carbocycles. The van der Waals surface area contributed by atoms with E-state index >= 15 is 0 Å². The molecule has 0 aliphatic carbocycles. The van der Waals surface area contributed by atoms with Crippen LogP contribution in [0.1, 0.15) is 28.1 Å². The molecule has 2 aromatic carbocycles. The van der Waals surface area contributed by atoms with E-state index in [1.807, 2.05) is 18.5 Å². The second kappa shape index (κ2) is 9.03. The number of aliphatic imine (C=N–C) groups is 1. The Morgan fingerprint density at radius 2 is 1.81 bits per heavy atom. The Morgan fingerprint density at radius 1 is 1.04 bits per heavy atom. The summed E-state index contributed by atoms with van der Waals surface area (Å²) in [6, 6.07) is 16.9. The van der Waals surface area contributed by atoms with Crippen molar-refractivity contribution in [2.24, 2.45) is 4.99 Å². The Hall–Kier alpha value is -3.08. The SMILES string of the molecule is CN=C(NCc1ccc(C)cc1C)NCc1nccn1Cc1ccccc1. The summed E-state index contributed by atoms with van der Waals surface area (Å²) in [6.07, 6.45) is 3.85. The molecule has 0 aliphatic rings. The van der Waals surface area contributed by atoms with Gasteiger partial charge in [0.05, 0.1) is 6.54 Å². The maximum atomic E-state index is 4.48. The van der Waals surface area contributed by atoms with Crippen molar-refractivity contribution < 1.29 is 0 Å². The van der Waals surface area contributed by atoms with Crippen LogP contribution in [-0.2, 0) is 19.6 Å². The molecule has 0 fully saturated rings. The van der Waals surface area contributed by atoms with Gasteiger partial charge in [0.2, 0.25) is 0 Å². The summed E-state index contributed by atoms with van der Waals surface area (Å²) in [5.41, 5.74) is 5.10. The van der Waals surface area contributed by atoms with E-state index in [0.717, 1.165) is 24.9 Å². The van der Waals surface area contributed by atoms with Gasteiger partial charge in [-0.25, -0.2) is 4.98 Å². The van der Waals surface area contributed by atoms with Crippen molar-refractivity contribution in [3.05, 3.63) is 89.0 Å². The predicted molar refractivity (Wildman–Crippen MR) is 111 cm³/mol. The van der Waals surface area contributed by atoms with E-state index in [1.54, 1.807) is 7.05 Å². The number of nitrogens with one attached hydrogen (secondary N) is 2. The molecule has 0 spiro atoms. The molecular weight excluding hydrogens is 334 g/mol. The molecule has 1 heterocycles. The van der Waals surface area contributed by atoms with Crippen molar-refractivity contribution >= 4 is 5.96 Å². The molecule has 0 bridgehead atoms. The van der Waals surface area contributed by atoms with E-state index < -0.39 is 0 Å². The fourth-order valence-corrected chi connectivity index (χ4v) is 3.04. The third-order valence-corrected chi connectivity index (χ3v) is 4.58. The quantitative estimate of drug-likeness (QED) is 0.522. The number of benzene rings is 2. The Kier molecular flexibility index (Phi) is 6.26. The Labute approximate surface area is 161 Å². The fourth-order valence-electron chi connectivity index (χ4n) is 3.04. The molecule has 2 N–H and O–H groups in total. The summed E-state index contributed by atoms with van der Waals surface area (Å²) in [4.78, 5) is 8.80. The van der Waals surface area contributed by atoms with Crippen LogP contribution >= 0.6 is 0 Å². The number of rotatable bonds is 6. The first-order chi connectivity index (χ1) is 13.2. The Balaban J connectivity index is 1.56. The molecule has 27 heavy (non-hydrogen) atoms. The molecule has 1 aromatic heterocycles. The monoisotopic (exact) mass is 361 g/mol. The third kappa shape index (κ3) is 5.20. The van der Waals surface area contributed by atoms with Gasteiger partial charge in [0, 0.05) is 32.5 Å². The average Bonchev–Trinajstić information content (AvgIpc) is 3.11. The summed E-state index contributed by atoms with van der Waals surface area (Å²) < 4.78 is 2.15. The van der Waals surface area contributed by atoms with Crippen LogP contribution in [-0.4, -0.2) is 22.6 Å². The van der Waals surface area contributed by atoms with Crippen molar-refractivity contribution in [3.8, 4) is 0 Å². The minimum absolute atomic E-state index is 0.617. The summed E-state index contributed by atoms with van der Waals surface area (Å²) in [6.45, 7) is 6.42. The van der Waals surface area contributed by atoms with E-state index in [9.17, 15) is 0 Å². The lowest BCUT2D eigenvalue weighted by molar-refractivity contribution is 0.687. The summed E-state index contributed by atoms with van der Waals surface area (Å²) in [5.74, 6) is 1.75. The van der Waals surface area contributed by atoms with E-state index in [0.29, 0.717) is 6.54 Å². The van der Waals surface area contributed by atoms with Crippen LogP contribution in [0.2, 0.25) is 0 Å². The largest absolute Gasteiger partial charge is 0.352 e. The van der Waals surface area contributed by atoms with E-state index in [4.69, 9.17) is 0 Å². The van der Waals surface area contributed by atoms with Crippen molar-refractivity contribution in [1.82, 2.24) is 20.2 Å². The van der Waals surface area contributed by atoms with Gasteiger partial charge in [-0.2, -0.15) is 0 Å². The van der Waals surface area contributed by atoms with Crippen molar-refractivity contribution in [2.75, 3.05) is 7.05 Å². The first-order valence-electron chi connectivity index (χ1n) is 9.20. The minimum atomic E-state index is 0.617. The standard InChI is InChI=1S/C22H27N5/c1-17-9-10-20(18(2)13-17)14-25-22(23-3)26-15-21-24-11-12-27(21)16-19-7-5-4-6-8-19/h4-13H,14-16H2,1-3H3,(H2,23,25,26). The lowest BCUT2D eigenvalue weighted by Crippen LogP contribution is -2.37. The molecule has 0 saturated heterocycles. The van der Waals surface area contributed by atoms with Gasteiger partial charge in [-0.1, -0.05) is 54.1 Å².